The van der Waals surface area contributed by atoms with E-state index in [2.05, 4.69) is 10.3 Å². The van der Waals surface area contributed by atoms with E-state index in [-0.39, 0.29) is 6.54 Å². The Kier molecular flexibility index (Phi) is 5.73. The molecule has 1 aromatic rings. The predicted molar refractivity (Wildman–Crippen MR) is 66.1 cm³/mol. The summed E-state index contributed by atoms with van der Waals surface area (Å²) in [6.07, 6.45) is 2.15. The van der Waals surface area contributed by atoms with Crippen LogP contribution in [0.3, 0.4) is 0 Å². The lowest BCUT2D eigenvalue weighted by molar-refractivity contribution is -0.140. The van der Waals surface area contributed by atoms with E-state index in [1.54, 1.807) is 11.6 Å². The zero-order valence-corrected chi connectivity index (χ0v) is 10.7. The van der Waals surface area contributed by atoms with E-state index in [1.807, 2.05) is 0 Å². The van der Waals surface area contributed by atoms with Crippen LogP contribution in [0.15, 0.2) is 11.6 Å². The van der Waals surface area contributed by atoms with Crippen molar-refractivity contribution in [2.24, 2.45) is 0 Å². The van der Waals surface area contributed by atoms with Crippen molar-refractivity contribution in [2.75, 3.05) is 19.6 Å². The number of nitrogens with one attached hydrogen (secondary N) is 1. The van der Waals surface area contributed by atoms with Gasteiger partial charge in [-0.25, -0.2) is 9.78 Å². The molecule has 8 nitrogen and oxygen atoms in total. The van der Waals surface area contributed by atoms with Crippen molar-refractivity contribution in [2.45, 2.75) is 6.42 Å². The zero-order valence-electron chi connectivity index (χ0n) is 9.90. The predicted octanol–water partition coefficient (Wildman–Crippen LogP) is -0.134. The molecule has 2 amide bonds. The van der Waals surface area contributed by atoms with Crippen LogP contribution < -0.4 is 5.32 Å². The molecule has 3 N–H and O–H groups in total. The molecule has 0 saturated carbocycles. The molecule has 1 rings (SSSR count). The third-order valence-corrected chi connectivity index (χ3v) is 2.88. The van der Waals surface area contributed by atoms with Gasteiger partial charge in [0.05, 0.1) is 5.01 Å². The first-order valence-corrected chi connectivity index (χ1v) is 6.21. The number of hydrogen-bond acceptors (Lipinski definition) is 5. The van der Waals surface area contributed by atoms with Gasteiger partial charge >= 0.3 is 18.0 Å². The largest absolute Gasteiger partial charge is 0.480 e. The zero-order chi connectivity index (χ0) is 14.3. The normalized spacial score (nSPS) is 9.89. The summed E-state index contributed by atoms with van der Waals surface area (Å²) >= 11 is 1.44. The minimum Gasteiger partial charge on any atom is -0.480 e. The number of rotatable bonds is 7. The van der Waals surface area contributed by atoms with Gasteiger partial charge in [-0.3, -0.25) is 9.59 Å². The first-order valence-electron chi connectivity index (χ1n) is 5.33. The molecule has 1 heterocycles. The van der Waals surface area contributed by atoms with Crippen molar-refractivity contribution in [3.8, 4) is 0 Å². The fraction of sp³-hybridized carbons (Fsp3) is 0.400. The number of aliphatic carboxylic acids is 2. The van der Waals surface area contributed by atoms with Gasteiger partial charge in [0, 0.05) is 24.5 Å². The standard InChI is InChI=1S/C10H13N3O5S/c14-8(15)5-13(6-9(16)17)10(18)12-2-1-7-11-3-4-19-7/h3-4H,1-2,5-6H2,(H,12,18)(H,14,15)(H,16,17). The van der Waals surface area contributed by atoms with Gasteiger partial charge in [-0.1, -0.05) is 0 Å². The van der Waals surface area contributed by atoms with Crippen LogP contribution in [0.5, 0.6) is 0 Å². The minimum atomic E-state index is -1.27. The molecular weight excluding hydrogens is 274 g/mol. The number of nitrogens with zero attached hydrogens (tertiary/aromatic N) is 2. The van der Waals surface area contributed by atoms with Crippen LogP contribution in [-0.4, -0.2) is 57.7 Å². The Balaban J connectivity index is 2.42. The van der Waals surface area contributed by atoms with Gasteiger partial charge in [-0.2, -0.15) is 0 Å². The summed E-state index contributed by atoms with van der Waals surface area (Å²) in [6.45, 7) is -1.05. The van der Waals surface area contributed by atoms with E-state index in [0.29, 0.717) is 11.3 Å². The number of hydrogen-bond donors (Lipinski definition) is 3. The lowest BCUT2D eigenvalue weighted by Gasteiger charge is -2.18. The van der Waals surface area contributed by atoms with E-state index in [9.17, 15) is 14.4 Å². The fourth-order valence-corrected chi connectivity index (χ4v) is 1.91. The van der Waals surface area contributed by atoms with Crippen molar-refractivity contribution >= 4 is 29.3 Å². The molecule has 0 atom stereocenters. The molecule has 0 aliphatic rings. The van der Waals surface area contributed by atoms with Crippen LogP contribution in [0.25, 0.3) is 0 Å². The van der Waals surface area contributed by atoms with Gasteiger partial charge in [0.25, 0.3) is 0 Å². The summed E-state index contributed by atoms with van der Waals surface area (Å²) in [5.74, 6) is -2.53. The van der Waals surface area contributed by atoms with Crippen molar-refractivity contribution in [1.29, 1.82) is 0 Å². The lowest BCUT2D eigenvalue weighted by Crippen LogP contribution is -2.45. The van der Waals surface area contributed by atoms with Gasteiger partial charge < -0.3 is 20.4 Å². The highest BCUT2D eigenvalue weighted by Gasteiger charge is 2.19. The monoisotopic (exact) mass is 287 g/mol. The molecule has 19 heavy (non-hydrogen) atoms. The molecule has 0 saturated heterocycles. The highest BCUT2D eigenvalue weighted by molar-refractivity contribution is 7.09. The molecule has 0 fully saturated rings. The summed E-state index contributed by atoms with van der Waals surface area (Å²) in [5, 5.41) is 22.3. The molecule has 0 unspecified atom stereocenters. The first kappa shape index (κ1) is 14.9. The van der Waals surface area contributed by atoms with Crippen molar-refractivity contribution in [1.82, 2.24) is 15.2 Å². The van der Waals surface area contributed by atoms with Crippen LogP contribution in [0.1, 0.15) is 5.01 Å². The first-order chi connectivity index (χ1) is 8.99. The Morgan fingerprint density at radius 3 is 2.37 bits per heavy atom. The van der Waals surface area contributed by atoms with Gasteiger partial charge in [0.2, 0.25) is 0 Å². The SMILES string of the molecule is O=C(O)CN(CC(=O)O)C(=O)NCCc1nccs1. The average Bonchev–Trinajstić information content (AvgIpc) is 2.79. The maximum Gasteiger partial charge on any atom is 0.323 e. The van der Waals surface area contributed by atoms with E-state index < -0.39 is 31.1 Å². The quantitative estimate of drug-likeness (QED) is 0.642. The molecular formula is C10H13N3O5S. The molecule has 0 bridgehead atoms. The minimum absolute atomic E-state index is 0.266. The number of carbonyl (C=O) groups is 3. The van der Waals surface area contributed by atoms with Crippen LogP contribution >= 0.6 is 11.3 Å². The summed E-state index contributed by atoms with van der Waals surface area (Å²) < 4.78 is 0. The average molecular weight is 287 g/mol. The van der Waals surface area contributed by atoms with Gasteiger partial charge in [-0.05, 0) is 0 Å². The third kappa shape index (κ3) is 5.82. The molecule has 0 aromatic carbocycles. The van der Waals surface area contributed by atoms with E-state index in [1.165, 1.54) is 11.3 Å². The number of amides is 2. The smallest absolute Gasteiger partial charge is 0.323 e. The molecule has 9 heteroatoms. The van der Waals surface area contributed by atoms with Crippen molar-refractivity contribution in [3.05, 3.63) is 16.6 Å². The summed E-state index contributed by atoms with van der Waals surface area (Å²) in [6, 6.07) is -0.721. The van der Waals surface area contributed by atoms with Gasteiger partial charge in [0.15, 0.2) is 0 Å². The Morgan fingerprint density at radius 2 is 1.89 bits per heavy atom. The molecule has 0 radical (unpaired) electrons. The van der Waals surface area contributed by atoms with Gasteiger partial charge in [0.1, 0.15) is 13.1 Å². The highest BCUT2D eigenvalue weighted by atomic mass is 32.1. The molecule has 104 valence electrons. The summed E-state index contributed by atoms with van der Waals surface area (Å²) in [4.78, 5) is 37.4. The second-order valence-corrected chi connectivity index (χ2v) is 4.53. The molecule has 0 aliphatic heterocycles. The van der Waals surface area contributed by atoms with E-state index in [0.717, 1.165) is 5.01 Å². The Labute approximate surface area is 112 Å². The Morgan fingerprint density at radius 1 is 1.26 bits per heavy atom. The number of urea groups is 1. The van der Waals surface area contributed by atoms with Crippen molar-refractivity contribution < 1.29 is 24.6 Å². The van der Waals surface area contributed by atoms with E-state index >= 15 is 0 Å². The lowest BCUT2D eigenvalue weighted by atomic mass is 10.4. The molecule has 1 aromatic heterocycles. The number of carbonyl (C=O) groups excluding carboxylic acids is 1. The number of carboxylic acid groups (broad SMARTS) is 2. The highest BCUT2D eigenvalue weighted by Crippen LogP contribution is 2.03. The molecule has 0 aliphatic carbocycles. The van der Waals surface area contributed by atoms with Crippen LogP contribution in [0.2, 0.25) is 0 Å². The number of carboxylic acids is 2. The maximum absolute atomic E-state index is 11.6. The number of aromatic nitrogens is 1. The Hall–Kier alpha value is -2.16. The molecule has 0 spiro atoms. The van der Waals surface area contributed by atoms with Gasteiger partial charge in [-0.15, -0.1) is 11.3 Å². The topological polar surface area (TPSA) is 120 Å². The summed E-state index contributed by atoms with van der Waals surface area (Å²) in [5.41, 5.74) is 0. The second-order valence-electron chi connectivity index (χ2n) is 3.55. The summed E-state index contributed by atoms with van der Waals surface area (Å²) in [7, 11) is 0. The van der Waals surface area contributed by atoms with Crippen LogP contribution in [-0.2, 0) is 16.0 Å². The fourth-order valence-electron chi connectivity index (χ4n) is 1.29. The number of thiazole rings is 1. The third-order valence-electron chi connectivity index (χ3n) is 2.04. The van der Waals surface area contributed by atoms with E-state index in [4.69, 9.17) is 10.2 Å². The Bertz CT molecular complexity index is 432. The maximum atomic E-state index is 11.6. The van der Waals surface area contributed by atoms with Crippen molar-refractivity contribution in [3.63, 3.8) is 0 Å². The van der Waals surface area contributed by atoms with Crippen LogP contribution in [0.4, 0.5) is 4.79 Å². The van der Waals surface area contributed by atoms with Crippen LogP contribution in [0, 0.1) is 0 Å². The second kappa shape index (κ2) is 7.31.